The van der Waals surface area contributed by atoms with E-state index in [1.54, 1.807) is 7.11 Å². The van der Waals surface area contributed by atoms with Gasteiger partial charge in [-0.3, -0.25) is 0 Å². The molecule has 0 amide bonds. The number of hydrogen-bond donors (Lipinski definition) is 1. The molecular weight excluding hydrogens is 176 g/mol. The number of ether oxygens (including phenoxy) is 1. The third kappa shape index (κ3) is 2.96. The molecule has 1 aliphatic carbocycles. The average Bonchev–Trinajstić information content (AvgIpc) is 2.46. The molecule has 0 bridgehead atoms. The van der Waals surface area contributed by atoms with Crippen molar-refractivity contribution in [3.63, 3.8) is 0 Å². The topological polar surface area (TPSA) is 29.5 Å². The third-order valence-corrected chi connectivity index (χ3v) is 3.79. The van der Waals surface area contributed by atoms with E-state index in [-0.39, 0.29) is 12.2 Å². The molecule has 1 aliphatic rings. The summed E-state index contributed by atoms with van der Waals surface area (Å²) in [6.07, 6.45) is 8.71. The van der Waals surface area contributed by atoms with Crippen molar-refractivity contribution in [2.45, 2.75) is 57.5 Å². The van der Waals surface area contributed by atoms with Crippen molar-refractivity contribution in [1.29, 1.82) is 0 Å². The molecule has 2 heteroatoms. The van der Waals surface area contributed by atoms with E-state index in [9.17, 15) is 0 Å². The second-order valence-corrected chi connectivity index (χ2v) is 4.68. The van der Waals surface area contributed by atoms with E-state index in [1.807, 2.05) is 0 Å². The van der Waals surface area contributed by atoms with Gasteiger partial charge in [0.25, 0.3) is 0 Å². The molecule has 14 heavy (non-hydrogen) atoms. The molecule has 1 unspecified atom stereocenters. The van der Waals surface area contributed by atoms with Gasteiger partial charge in [-0.25, -0.2) is 0 Å². The first-order valence-corrected chi connectivity index (χ1v) is 5.89. The highest BCUT2D eigenvalue weighted by atomic mass is 16.5. The maximum absolute atomic E-state index is 9.05. The summed E-state index contributed by atoms with van der Waals surface area (Å²) in [6, 6.07) is 0. The van der Waals surface area contributed by atoms with Crippen LogP contribution in [0.25, 0.3) is 0 Å². The number of aliphatic hydroxyl groups is 1. The van der Waals surface area contributed by atoms with E-state index in [1.165, 1.54) is 38.5 Å². The molecule has 0 aromatic rings. The molecule has 0 heterocycles. The van der Waals surface area contributed by atoms with Crippen LogP contribution in [-0.2, 0) is 4.74 Å². The molecule has 0 radical (unpaired) electrons. The Morgan fingerprint density at radius 1 is 1.21 bits per heavy atom. The van der Waals surface area contributed by atoms with E-state index >= 15 is 0 Å². The summed E-state index contributed by atoms with van der Waals surface area (Å²) in [4.78, 5) is 0. The quantitative estimate of drug-likeness (QED) is 0.707. The summed E-state index contributed by atoms with van der Waals surface area (Å²) in [5, 5.41) is 9.05. The monoisotopic (exact) mass is 200 g/mol. The molecule has 1 atom stereocenters. The van der Waals surface area contributed by atoms with Gasteiger partial charge >= 0.3 is 0 Å². The molecular formula is C12H24O2. The molecule has 2 nitrogen and oxygen atoms in total. The fourth-order valence-corrected chi connectivity index (χ4v) is 2.58. The Bertz CT molecular complexity index is 150. The number of hydrogen-bond acceptors (Lipinski definition) is 2. The summed E-state index contributed by atoms with van der Waals surface area (Å²) in [5.74, 6) is 0.641. The van der Waals surface area contributed by atoms with Crippen molar-refractivity contribution in [3.05, 3.63) is 0 Å². The molecule has 0 aliphatic heterocycles. The highest BCUT2D eigenvalue weighted by Crippen LogP contribution is 2.35. The van der Waals surface area contributed by atoms with Crippen molar-refractivity contribution < 1.29 is 9.84 Å². The Labute approximate surface area is 87.7 Å². The molecule has 1 saturated carbocycles. The van der Waals surface area contributed by atoms with Crippen LogP contribution in [0.2, 0.25) is 0 Å². The minimum atomic E-state index is -0.0981. The van der Waals surface area contributed by atoms with Gasteiger partial charge in [0, 0.05) is 13.7 Å². The van der Waals surface area contributed by atoms with Gasteiger partial charge in [0.2, 0.25) is 0 Å². The van der Waals surface area contributed by atoms with Gasteiger partial charge in [-0.05, 0) is 32.1 Å². The highest BCUT2D eigenvalue weighted by molar-refractivity contribution is 4.84. The molecule has 0 aromatic carbocycles. The summed E-state index contributed by atoms with van der Waals surface area (Å²) < 4.78 is 5.61. The smallest absolute Gasteiger partial charge is 0.0700 e. The van der Waals surface area contributed by atoms with Gasteiger partial charge in [0.15, 0.2) is 0 Å². The number of aliphatic hydroxyl groups excluding tert-OH is 1. The van der Waals surface area contributed by atoms with Gasteiger partial charge in [0.1, 0.15) is 0 Å². The molecule has 0 spiro atoms. The lowest BCUT2D eigenvalue weighted by atomic mass is 9.81. The Balaban J connectivity index is 2.56. The second kappa shape index (κ2) is 5.72. The Kier molecular flexibility index (Phi) is 4.90. The van der Waals surface area contributed by atoms with Gasteiger partial charge in [-0.1, -0.05) is 25.7 Å². The molecule has 1 rings (SSSR count). The molecule has 0 aromatic heterocycles. The van der Waals surface area contributed by atoms with Crippen LogP contribution >= 0.6 is 0 Å². The van der Waals surface area contributed by atoms with E-state index in [4.69, 9.17) is 9.84 Å². The third-order valence-electron chi connectivity index (χ3n) is 3.79. The van der Waals surface area contributed by atoms with Crippen molar-refractivity contribution >= 4 is 0 Å². The van der Waals surface area contributed by atoms with Crippen molar-refractivity contribution in [2.24, 2.45) is 5.92 Å². The zero-order chi connectivity index (χ0) is 10.4. The standard InChI is InChI=1S/C12H24O2/c1-12(14-2,9-10-13)11-7-5-3-4-6-8-11/h11,13H,3-10H2,1-2H3. The van der Waals surface area contributed by atoms with E-state index < -0.39 is 0 Å². The average molecular weight is 200 g/mol. The Morgan fingerprint density at radius 3 is 2.21 bits per heavy atom. The van der Waals surface area contributed by atoms with Gasteiger partial charge in [-0.15, -0.1) is 0 Å². The summed E-state index contributed by atoms with van der Waals surface area (Å²) in [5.41, 5.74) is -0.0981. The fourth-order valence-electron chi connectivity index (χ4n) is 2.58. The lowest BCUT2D eigenvalue weighted by molar-refractivity contribution is -0.0633. The van der Waals surface area contributed by atoms with Crippen LogP contribution in [0.3, 0.4) is 0 Å². The van der Waals surface area contributed by atoms with Gasteiger partial charge in [0.05, 0.1) is 5.60 Å². The first-order chi connectivity index (χ1) is 6.73. The van der Waals surface area contributed by atoms with E-state index in [0.717, 1.165) is 6.42 Å². The molecule has 1 N–H and O–H groups in total. The lowest BCUT2D eigenvalue weighted by Gasteiger charge is -2.36. The first-order valence-electron chi connectivity index (χ1n) is 5.89. The van der Waals surface area contributed by atoms with Crippen molar-refractivity contribution in [1.82, 2.24) is 0 Å². The molecule has 84 valence electrons. The number of rotatable bonds is 4. The van der Waals surface area contributed by atoms with Crippen molar-refractivity contribution in [2.75, 3.05) is 13.7 Å². The largest absolute Gasteiger partial charge is 0.396 e. The Morgan fingerprint density at radius 2 is 1.79 bits per heavy atom. The normalized spacial score (nSPS) is 24.2. The predicted octanol–water partition coefficient (Wildman–Crippen LogP) is 2.74. The summed E-state index contributed by atoms with van der Waals surface area (Å²) >= 11 is 0. The van der Waals surface area contributed by atoms with Gasteiger partial charge < -0.3 is 9.84 Å². The summed E-state index contributed by atoms with van der Waals surface area (Å²) in [7, 11) is 1.78. The molecule has 0 saturated heterocycles. The first kappa shape index (κ1) is 12.0. The van der Waals surface area contributed by atoms with Crippen molar-refractivity contribution in [3.8, 4) is 0 Å². The predicted molar refractivity (Wildman–Crippen MR) is 58.3 cm³/mol. The number of methoxy groups -OCH3 is 1. The zero-order valence-corrected chi connectivity index (χ0v) is 9.59. The highest BCUT2D eigenvalue weighted by Gasteiger charge is 2.33. The van der Waals surface area contributed by atoms with Crippen LogP contribution in [0, 0.1) is 5.92 Å². The van der Waals surface area contributed by atoms with Crippen LogP contribution in [0.15, 0.2) is 0 Å². The SMILES string of the molecule is COC(C)(CCO)C1CCCCCC1. The van der Waals surface area contributed by atoms with Crippen LogP contribution in [0.1, 0.15) is 51.9 Å². The maximum atomic E-state index is 9.05. The van der Waals surface area contributed by atoms with Crippen LogP contribution in [0.4, 0.5) is 0 Å². The van der Waals surface area contributed by atoms with Crippen LogP contribution in [-0.4, -0.2) is 24.4 Å². The fraction of sp³-hybridized carbons (Fsp3) is 1.00. The minimum absolute atomic E-state index is 0.0981. The van der Waals surface area contributed by atoms with Crippen LogP contribution in [0.5, 0.6) is 0 Å². The summed E-state index contributed by atoms with van der Waals surface area (Å²) in [6.45, 7) is 2.39. The second-order valence-electron chi connectivity index (χ2n) is 4.68. The van der Waals surface area contributed by atoms with Gasteiger partial charge in [-0.2, -0.15) is 0 Å². The zero-order valence-electron chi connectivity index (χ0n) is 9.59. The maximum Gasteiger partial charge on any atom is 0.0700 e. The van der Waals surface area contributed by atoms with Crippen LogP contribution < -0.4 is 0 Å². The minimum Gasteiger partial charge on any atom is -0.396 e. The Hall–Kier alpha value is -0.0800. The van der Waals surface area contributed by atoms with E-state index in [0.29, 0.717) is 5.92 Å². The molecule has 1 fully saturated rings. The lowest BCUT2D eigenvalue weighted by Crippen LogP contribution is -2.37. The van der Waals surface area contributed by atoms with E-state index in [2.05, 4.69) is 6.92 Å².